The van der Waals surface area contributed by atoms with E-state index in [1.165, 1.54) is 35.6 Å². The molecule has 0 spiro atoms. The first kappa shape index (κ1) is 25.4. The van der Waals surface area contributed by atoms with Crippen molar-refractivity contribution in [2.75, 3.05) is 11.4 Å². The van der Waals surface area contributed by atoms with Crippen molar-refractivity contribution in [3.05, 3.63) is 87.1 Å². The highest BCUT2D eigenvalue weighted by molar-refractivity contribution is 9.10. The Morgan fingerprint density at radius 3 is 2.51 bits per heavy atom. The van der Waals surface area contributed by atoms with E-state index in [1.807, 2.05) is 6.07 Å². The van der Waals surface area contributed by atoms with Crippen molar-refractivity contribution >= 4 is 49.4 Å². The summed E-state index contributed by atoms with van der Waals surface area (Å²) in [5.41, 5.74) is 3.88. The number of hydrogen-bond acceptors (Lipinski definition) is 5. The number of thiol groups is 1. The Kier molecular flexibility index (Phi) is 7.06. The summed E-state index contributed by atoms with van der Waals surface area (Å²) >= 11 is 3.39. The normalized spacial score (nSPS) is 13.3. The largest absolute Gasteiger partial charge is 0.455 e. The predicted octanol–water partition coefficient (Wildman–Crippen LogP) is 5.26. The smallest absolute Gasteiger partial charge is 0.255 e. The molecule has 5 rings (SSSR count). The zero-order valence-corrected chi connectivity index (χ0v) is 22.3. The van der Waals surface area contributed by atoms with Gasteiger partial charge in [-0.1, -0.05) is 28.1 Å². The number of nitrogens with one attached hydrogen (secondary N) is 1. The Morgan fingerprint density at radius 1 is 1.16 bits per heavy atom. The summed E-state index contributed by atoms with van der Waals surface area (Å²) in [4.78, 5) is 12.9. The molecule has 0 unspecified atom stereocenters. The maximum atomic E-state index is 13.6. The molecule has 10 heteroatoms. The maximum absolute atomic E-state index is 13.6. The number of rotatable bonds is 8. The number of nitrogens with zero attached hydrogens (tertiary/aromatic N) is 1. The molecule has 1 fully saturated rings. The first-order chi connectivity index (χ1) is 17.8. The molecule has 37 heavy (non-hydrogen) atoms. The van der Waals surface area contributed by atoms with Gasteiger partial charge in [0.05, 0.1) is 24.4 Å². The molecule has 1 heterocycles. The Hall–Kier alpha value is -3.21. The maximum Gasteiger partial charge on any atom is 0.255 e. The summed E-state index contributed by atoms with van der Waals surface area (Å²) in [6.45, 7) is -0.115. The third-order valence-electron chi connectivity index (χ3n) is 6.50. The summed E-state index contributed by atoms with van der Waals surface area (Å²) in [6, 6.07) is 14.5. The average molecular weight is 587 g/mol. The van der Waals surface area contributed by atoms with Crippen LogP contribution in [0.4, 0.5) is 10.1 Å². The van der Waals surface area contributed by atoms with Gasteiger partial charge >= 0.3 is 0 Å². The van der Waals surface area contributed by atoms with E-state index in [1.54, 1.807) is 24.3 Å². The van der Waals surface area contributed by atoms with E-state index in [4.69, 9.17) is 4.42 Å². The third kappa shape index (κ3) is 5.01. The molecule has 2 N–H and O–H groups in total. The minimum absolute atomic E-state index is 0.0675. The Labute approximate surface area is 223 Å². The number of carbonyl (C=O) groups excluding carboxylic acids is 1. The second kappa shape index (κ2) is 10.3. The van der Waals surface area contributed by atoms with Crippen LogP contribution in [-0.4, -0.2) is 26.5 Å². The van der Waals surface area contributed by atoms with Gasteiger partial charge in [-0.3, -0.25) is 9.10 Å². The molecule has 0 bridgehead atoms. The Balaban J connectivity index is 1.68. The van der Waals surface area contributed by atoms with Gasteiger partial charge in [-0.05, 0) is 71.8 Å². The highest BCUT2D eigenvalue weighted by Crippen LogP contribution is 2.48. The van der Waals surface area contributed by atoms with Crippen molar-refractivity contribution in [2.45, 2.75) is 31.9 Å². The van der Waals surface area contributed by atoms with Crippen LogP contribution in [0.3, 0.4) is 0 Å². The first-order valence-corrected chi connectivity index (χ1v) is 13.6. The van der Waals surface area contributed by atoms with E-state index in [9.17, 15) is 22.7 Å². The van der Waals surface area contributed by atoms with Gasteiger partial charge in [-0.2, -0.15) is 0 Å². The van der Waals surface area contributed by atoms with E-state index in [0.717, 1.165) is 22.9 Å². The predicted molar refractivity (Wildman–Crippen MR) is 144 cm³/mol. The van der Waals surface area contributed by atoms with E-state index in [0.29, 0.717) is 38.9 Å². The van der Waals surface area contributed by atoms with Gasteiger partial charge in [0.15, 0.2) is 0 Å². The van der Waals surface area contributed by atoms with Gasteiger partial charge in [0.1, 0.15) is 17.2 Å². The summed E-state index contributed by atoms with van der Waals surface area (Å²) in [7, 11) is -1.50. The average Bonchev–Trinajstić information content (AvgIpc) is 3.67. The number of carbonyl (C=O) groups is 1. The molecule has 1 saturated carbocycles. The molecule has 0 atom stereocenters. The van der Waals surface area contributed by atoms with E-state index >= 15 is 0 Å². The Bertz CT molecular complexity index is 1570. The lowest BCUT2D eigenvalue weighted by molar-refractivity contribution is 0.0964. The van der Waals surface area contributed by atoms with Gasteiger partial charge in [-0.25, -0.2) is 12.8 Å². The van der Waals surface area contributed by atoms with Crippen molar-refractivity contribution < 1.29 is 27.1 Å². The summed E-state index contributed by atoms with van der Waals surface area (Å²) in [5.74, 6) is -0.319. The van der Waals surface area contributed by atoms with Gasteiger partial charge in [-0.15, -0.1) is 0 Å². The highest BCUT2D eigenvalue weighted by atomic mass is 79.9. The van der Waals surface area contributed by atoms with E-state index < -0.39 is 16.7 Å². The summed E-state index contributed by atoms with van der Waals surface area (Å²) in [6.07, 6.45) is 1.82. The molecule has 3 aromatic carbocycles. The van der Waals surface area contributed by atoms with E-state index in [2.05, 4.69) is 21.2 Å². The number of benzene rings is 3. The van der Waals surface area contributed by atoms with Crippen LogP contribution in [0.5, 0.6) is 0 Å². The molecule has 1 aromatic heterocycles. The summed E-state index contributed by atoms with van der Waals surface area (Å²) < 4.78 is 46.7. The molecule has 0 radical (unpaired) electrons. The van der Waals surface area contributed by atoms with Gasteiger partial charge in [0.25, 0.3) is 5.91 Å². The van der Waals surface area contributed by atoms with Crippen LogP contribution in [0.1, 0.15) is 45.8 Å². The Morgan fingerprint density at radius 2 is 1.89 bits per heavy atom. The molecule has 192 valence electrons. The number of hydrogen-bond donors (Lipinski definition) is 3. The van der Waals surface area contributed by atoms with Crippen LogP contribution in [0.2, 0.25) is 0 Å². The number of amides is 1. The lowest BCUT2D eigenvalue weighted by Crippen LogP contribution is -2.22. The van der Waals surface area contributed by atoms with Gasteiger partial charge < -0.3 is 14.8 Å². The zero-order chi connectivity index (χ0) is 26.3. The molecule has 7 nitrogen and oxygen atoms in total. The first-order valence-electron chi connectivity index (χ1n) is 11.7. The van der Waals surface area contributed by atoms with Crippen LogP contribution in [-0.2, 0) is 24.0 Å². The minimum Gasteiger partial charge on any atom is -0.455 e. The molecular weight excluding hydrogens is 563 g/mol. The molecule has 1 aliphatic carbocycles. The quantitative estimate of drug-likeness (QED) is 0.244. The fourth-order valence-electron chi connectivity index (χ4n) is 4.50. The van der Waals surface area contributed by atoms with Crippen LogP contribution in [0.15, 0.2) is 63.5 Å². The standard InChI is InChI=1S/C27H24BrFN2O5S/c1-30-27(33)25-21-11-20(16-3-4-16)23(12-24(21)36-26(25)17-5-7-19(29)8-6-17)31(37(34)35)13-15-2-9-22(28)18(10-15)14-32/h2,5-12,16,32,37H,3-4,13-14H2,1H3,(H,30,33). The molecular formula is C27H24BrFN2O5S. The highest BCUT2D eigenvalue weighted by Gasteiger charge is 2.32. The number of halogens is 2. The lowest BCUT2D eigenvalue weighted by atomic mass is 10.00. The van der Waals surface area contributed by atoms with Crippen molar-refractivity contribution in [3.63, 3.8) is 0 Å². The fourth-order valence-corrected chi connectivity index (χ4v) is 5.50. The SMILES string of the molecule is CNC(=O)c1c(-c2ccc(F)cc2)oc2cc(N(Cc3ccc(Br)c(CO)c3)[SH](=O)=O)c(C3CC3)cc12. The minimum atomic E-state index is -3.02. The molecule has 4 aromatic rings. The number of furan rings is 1. The van der Waals surface area contributed by atoms with Crippen LogP contribution in [0, 0.1) is 5.82 Å². The molecule has 1 amide bonds. The van der Waals surface area contributed by atoms with Crippen LogP contribution in [0.25, 0.3) is 22.3 Å². The zero-order valence-electron chi connectivity index (χ0n) is 19.8. The third-order valence-corrected chi connectivity index (χ3v) is 8.03. The van der Waals surface area contributed by atoms with Crippen LogP contribution >= 0.6 is 15.9 Å². The topological polar surface area (TPSA) is 99.8 Å². The monoisotopic (exact) mass is 586 g/mol. The molecule has 0 aliphatic heterocycles. The number of fused-ring (bicyclic) bond motifs is 1. The number of aliphatic hydroxyl groups is 1. The summed E-state index contributed by atoms with van der Waals surface area (Å²) in [5, 5.41) is 12.8. The van der Waals surface area contributed by atoms with Crippen molar-refractivity contribution in [1.29, 1.82) is 0 Å². The van der Waals surface area contributed by atoms with Crippen molar-refractivity contribution in [1.82, 2.24) is 5.32 Å². The second-order valence-electron chi connectivity index (χ2n) is 8.95. The lowest BCUT2D eigenvalue weighted by Gasteiger charge is -2.22. The van der Waals surface area contributed by atoms with Crippen molar-refractivity contribution in [2.24, 2.45) is 0 Å². The molecule has 1 aliphatic rings. The van der Waals surface area contributed by atoms with Gasteiger partial charge in [0.2, 0.25) is 10.9 Å². The number of aliphatic hydroxyl groups excluding tert-OH is 1. The van der Waals surface area contributed by atoms with Crippen molar-refractivity contribution in [3.8, 4) is 11.3 Å². The number of anilines is 1. The fraction of sp³-hybridized carbons (Fsp3) is 0.222. The second-order valence-corrected chi connectivity index (χ2v) is 10.8. The molecule has 0 saturated heterocycles. The van der Waals surface area contributed by atoms with Gasteiger partial charge in [0, 0.05) is 28.5 Å². The van der Waals surface area contributed by atoms with Crippen LogP contribution < -0.4 is 9.62 Å². The van der Waals surface area contributed by atoms with E-state index in [-0.39, 0.29) is 30.7 Å².